The quantitative estimate of drug-likeness (QED) is 0.245. The SMILES string of the molecule is COc1ccccc1OC(=O)Nc1ccc(-c2ccc3c(c2COc2cc(F)ccc2C)N(C)C(=O)C(C)(C)N3)cc1. The number of carbonyl (C=O) groups is 2. The van der Waals surface area contributed by atoms with Gasteiger partial charge in [-0.05, 0) is 73.9 Å². The number of anilines is 3. The minimum Gasteiger partial charge on any atom is -0.493 e. The van der Waals surface area contributed by atoms with E-state index in [0.717, 1.165) is 27.9 Å². The first-order chi connectivity index (χ1) is 20.1. The maximum atomic E-state index is 14.0. The van der Waals surface area contributed by atoms with Gasteiger partial charge in [0.2, 0.25) is 0 Å². The third-order valence-electron chi connectivity index (χ3n) is 7.14. The molecular formula is C33H32FN3O5. The number of aryl methyl sites for hydroxylation is 1. The Labute approximate surface area is 244 Å². The molecule has 216 valence electrons. The van der Waals surface area contributed by atoms with Gasteiger partial charge in [-0.1, -0.05) is 36.4 Å². The number of para-hydroxylation sites is 2. The summed E-state index contributed by atoms with van der Waals surface area (Å²) in [6.45, 7) is 5.60. The largest absolute Gasteiger partial charge is 0.493 e. The lowest BCUT2D eigenvalue weighted by Gasteiger charge is -2.39. The van der Waals surface area contributed by atoms with Crippen molar-refractivity contribution in [1.82, 2.24) is 0 Å². The predicted octanol–water partition coefficient (Wildman–Crippen LogP) is 7.17. The second-order valence-electron chi connectivity index (χ2n) is 10.5. The van der Waals surface area contributed by atoms with Crippen molar-refractivity contribution in [2.24, 2.45) is 0 Å². The first-order valence-electron chi connectivity index (χ1n) is 13.4. The molecule has 0 saturated carbocycles. The van der Waals surface area contributed by atoms with E-state index in [1.54, 1.807) is 54.4 Å². The van der Waals surface area contributed by atoms with Crippen molar-refractivity contribution in [2.75, 3.05) is 29.7 Å². The summed E-state index contributed by atoms with van der Waals surface area (Å²) in [5, 5.41) is 6.06. The highest BCUT2D eigenvalue weighted by Gasteiger charge is 2.38. The van der Waals surface area contributed by atoms with Crippen LogP contribution in [0.25, 0.3) is 11.1 Å². The van der Waals surface area contributed by atoms with Gasteiger partial charge >= 0.3 is 6.09 Å². The number of fused-ring (bicyclic) bond motifs is 1. The van der Waals surface area contributed by atoms with Crippen LogP contribution in [0.4, 0.5) is 26.2 Å². The van der Waals surface area contributed by atoms with E-state index in [4.69, 9.17) is 14.2 Å². The highest BCUT2D eigenvalue weighted by atomic mass is 19.1. The Balaban J connectivity index is 1.45. The lowest BCUT2D eigenvalue weighted by Crippen LogP contribution is -2.52. The van der Waals surface area contributed by atoms with Gasteiger partial charge in [0.25, 0.3) is 5.91 Å². The van der Waals surface area contributed by atoms with Crippen molar-refractivity contribution in [2.45, 2.75) is 32.9 Å². The van der Waals surface area contributed by atoms with Gasteiger partial charge in [0.1, 0.15) is 23.7 Å². The third kappa shape index (κ3) is 5.72. The Morgan fingerprint density at radius 1 is 0.976 bits per heavy atom. The molecule has 0 spiro atoms. The smallest absolute Gasteiger partial charge is 0.417 e. The van der Waals surface area contributed by atoms with Gasteiger partial charge in [-0.15, -0.1) is 0 Å². The molecule has 5 rings (SSSR count). The second kappa shape index (κ2) is 11.4. The monoisotopic (exact) mass is 569 g/mol. The highest BCUT2D eigenvalue weighted by molar-refractivity contribution is 6.08. The van der Waals surface area contributed by atoms with Crippen LogP contribution in [0.3, 0.4) is 0 Å². The Morgan fingerprint density at radius 2 is 1.69 bits per heavy atom. The molecule has 0 saturated heterocycles. The maximum Gasteiger partial charge on any atom is 0.417 e. The molecule has 0 aromatic heterocycles. The van der Waals surface area contributed by atoms with Crippen LogP contribution in [-0.4, -0.2) is 31.7 Å². The van der Waals surface area contributed by atoms with Gasteiger partial charge < -0.3 is 24.4 Å². The summed E-state index contributed by atoms with van der Waals surface area (Å²) in [5.41, 5.74) is 4.43. The Morgan fingerprint density at radius 3 is 2.40 bits per heavy atom. The first kappa shape index (κ1) is 28.5. The van der Waals surface area contributed by atoms with Gasteiger partial charge in [0.15, 0.2) is 11.5 Å². The lowest BCUT2D eigenvalue weighted by atomic mass is 9.92. The number of methoxy groups -OCH3 is 1. The molecule has 42 heavy (non-hydrogen) atoms. The standard InChI is InChI=1S/C33H32FN3O5/c1-20-10-13-22(34)18-29(20)41-19-25-24(16-17-26-30(25)37(4)31(38)33(2,3)36-26)21-11-14-23(15-12-21)35-32(39)42-28-9-7-6-8-27(28)40-5/h6-18,36H,19H2,1-5H3,(H,35,39). The molecule has 4 aromatic rings. The first-order valence-corrected chi connectivity index (χ1v) is 13.4. The number of ether oxygens (including phenoxy) is 3. The number of amides is 2. The molecule has 1 aliphatic rings. The number of hydrogen-bond donors (Lipinski definition) is 2. The molecule has 0 aliphatic carbocycles. The fourth-order valence-corrected chi connectivity index (χ4v) is 5.01. The molecule has 9 heteroatoms. The van der Waals surface area contributed by atoms with E-state index in [-0.39, 0.29) is 12.5 Å². The summed E-state index contributed by atoms with van der Waals surface area (Å²) in [7, 11) is 3.24. The van der Waals surface area contributed by atoms with E-state index >= 15 is 0 Å². The van der Waals surface area contributed by atoms with Crippen LogP contribution in [0, 0.1) is 12.7 Å². The normalized spacial score (nSPS) is 13.6. The summed E-state index contributed by atoms with van der Waals surface area (Å²) < 4.78 is 30.8. The number of halogens is 1. The summed E-state index contributed by atoms with van der Waals surface area (Å²) in [6, 6.07) is 22.4. The fourth-order valence-electron chi connectivity index (χ4n) is 5.01. The Bertz CT molecular complexity index is 1650. The third-order valence-corrected chi connectivity index (χ3v) is 7.14. The average Bonchev–Trinajstić information content (AvgIpc) is 2.97. The minimum absolute atomic E-state index is 0.0910. The lowest BCUT2D eigenvalue weighted by molar-refractivity contribution is -0.121. The number of carbonyl (C=O) groups excluding carboxylic acids is 2. The van der Waals surface area contributed by atoms with Crippen LogP contribution in [0.1, 0.15) is 25.0 Å². The van der Waals surface area contributed by atoms with Crippen LogP contribution in [0.2, 0.25) is 0 Å². The van der Waals surface area contributed by atoms with Gasteiger partial charge in [0, 0.05) is 24.4 Å². The number of nitrogens with one attached hydrogen (secondary N) is 2. The molecule has 0 bridgehead atoms. The Hall–Kier alpha value is -5.05. The van der Waals surface area contributed by atoms with Crippen LogP contribution in [0.5, 0.6) is 17.2 Å². The minimum atomic E-state index is -0.785. The molecule has 1 aliphatic heterocycles. The number of hydrogen-bond acceptors (Lipinski definition) is 6. The zero-order chi connectivity index (χ0) is 30.0. The molecule has 4 aromatic carbocycles. The molecule has 0 fully saturated rings. The second-order valence-corrected chi connectivity index (χ2v) is 10.5. The van der Waals surface area contributed by atoms with E-state index in [1.807, 2.05) is 45.0 Å². The van der Waals surface area contributed by atoms with E-state index in [2.05, 4.69) is 10.6 Å². The topological polar surface area (TPSA) is 89.1 Å². The molecule has 0 unspecified atom stereocenters. The van der Waals surface area contributed by atoms with E-state index < -0.39 is 17.4 Å². The van der Waals surface area contributed by atoms with Crippen molar-refractivity contribution >= 4 is 29.1 Å². The zero-order valence-corrected chi connectivity index (χ0v) is 24.1. The molecule has 8 nitrogen and oxygen atoms in total. The molecule has 1 heterocycles. The van der Waals surface area contributed by atoms with Crippen LogP contribution in [0.15, 0.2) is 78.9 Å². The van der Waals surface area contributed by atoms with Crippen molar-refractivity contribution in [3.8, 4) is 28.4 Å². The maximum absolute atomic E-state index is 14.0. The fraction of sp³-hybridized carbons (Fsp3) is 0.212. The van der Waals surface area contributed by atoms with Gasteiger partial charge in [-0.25, -0.2) is 9.18 Å². The van der Waals surface area contributed by atoms with E-state index in [9.17, 15) is 14.0 Å². The zero-order valence-electron chi connectivity index (χ0n) is 24.1. The van der Waals surface area contributed by atoms with Crippen molar-refractivity contribution in [1.29, 1.82) is 0 Å². The van der Waals surface area contributed by atoms with E-state index in [1.165, 1.54) is 19.2 Å². The van der Waals surface area contributed by atoms with Crippen LogP contribution < -0.4 is 29.7 Å². The average molecular weight is 570 g/mol. The summed E-state index contributed by atoms with van der Waals surface area (Å²) >= 11 is 0. The van der Waals surface area contributed by atoms with Crippen LogP contribution in [-0.2, 0) is 11.4 Å². The van der Waals surface area contributed by atoms with Crippen molar-refractivity contribution in [3.05, 3.63) is 95.8 Å². The molecule has 0 atom stereocenters. The molecule has 0 radical (unpaired) electrons. The summed E-state index contributed by atoms with van der Waals surface area (Å²) in [4.78, 5) is 27.4. The summed E-state index contributed by atoms with van der Waals surface area (Å²) in [5.74, 6) is 0.679. The summed E-state index contributed by atoms with van der Waals surface area (Å²) in [6.07, 6.45) is -0.658. The number of rotatable bonds is 7. The van der Waals surface area contributed by atoms with Crippen molar-refractivity contribution in [3.63, 3.8) is 0 Å². The van der Waals surface area contributed by atoms with Crippen molar-refractivity contribution < 1.29 is 28.2 Å². The highest BCUT2D eigenvalue weighted by Crippen LogP contribution is 2.42. The molecule has 2 amide bonds. The predicted molar refractivity (Wildman–Crippen MR) is 161 cm³/mol. The van der Waals surface area contributed by atoms with Gasteiger partial charge in [0.05, 0.1) is 18.5 Å². The molecule has 2 N–H and O–H groups in total. The number of benzene rings is 4. The van der Waals surface area contributed by atoms with Gasteiger partial charge in [-0.3, -0.25) is 10.1 Å². The molecular weight excluding hydrogens is 537 g/mol. The van der Waals surface area contributed by atoms with E-state index in [0.29, 0.717) is 28.6 Å². The van der Waals surface area contributed by atoms with Gasteiger partial charge in [-0.2, -0.15) is 0 Å². The Kier molecular flexibility index (Phi) is 7.76. The van der Waals surface area contributed by atoms with Crippen LogP contribution >= 0.6 is 0 Å². The number of likely N-dealkylation sites (N-methyl/N-ethyl adjacent to an activating group) is 1. The number of nitrogens with zero attached hydrogens (tertiary/aromatic N) is 1.